The largest absolute Gasteiger partial charge is 0.259 e. The first-order valence-corrected chi connectivity index (χ1v) is 5.92. The van der Waals surface area contributed by atoms with E-state index >= 15 is 0 Å². The normalized spacial score (nSPS) is 13.2. The first-order chi connectivity index (χ1) is 6.80. The third-order valence-corrected chi connectivity index (χ3v) is 3.90. The van der Waals surface area contributed by atoms with Gasteiger partial charge in [0.2, 0.25) is 3.79 Å². The summed E-state index contributed by atoms with van der Waals surface area (Å²) in [5.41, 5.74) is 0. The first-order valence-electron chi connectivity index (χ1n) is 4.03. The molecule has 15 heavy (non-hydrogen) atoms. The molecule has 0 radical (unpaired) electrons. The molecule has 0 bridgehead atoms. The third-order valence-electron chi connectivity index (χ3n) is 1.61. The molecule has 0 saturated heterocycles. The summed E-state index contributed by atoms with van der Waals surface area (Å²) in [7, 11) is 0. The van der Waals surface area contributed by atoms with E-state index in [9.17, 15) is 0 Å². The lowest BCUT2D eigenvalue weighted by atomic mass is 10.3. The Labute approximate surface area is 112 Å². The molecule has 1 aromatic heterocycles. The zero-order valence-corrected chi connectivity index (χ0v) is 11.4. The lowest BCUT2D eigenvalue weighted by Gasteiger charge is -2.27. The van der Waals surface area contributed by atoms with Crippen LogP contribution in [-0.4, -0.2) is 24.0 Å². The Bertz CT molecular complexity index is 331. The van der Waals surface area contributed by atoms with Crippen LogP contribution in [0.4, 0.5) is 0 Å². The van der Waals surface area contributed by atoms with Crippen molar-refractivity contribution < 1.29 is 0 Å². The van der Waals surface area contributed by atoms with Crippen molar-refractivity contribution in [2.45, 2.75) is 28.0 Å². The van der Waals surface area contributed by atoms with Crippen molar-refractivity contribution in [3.05, 3.63) is 5.82 Å². The van der Waals surface area contributed by atoms with E-state index in [4.69, 9.17) is 58.0 Å². The van der Waals surface area contributed by atoms with E-state index in [2.05, 4.69) is 15.5 Å². The van der Waals surface area contributed by atoms with E-state index in [1.54, 1.807) is 0 Å². The molecule has 0 atom stereocenters. The van der Waals surface area contributed by atoms with Gasteiger partial charge in [-0.1, -0.05) is 64.9 Å². The number of halogens is 5. The average Bonchev–Trinajstić information content (AvgIpc) is 2.51. The van der Waals surface area contributed by atoms with E-state index in [-0.39, 0.29) is 0 Å². The van der Waals surface area contributed by atoms with E-state index < -0.39 is 8.25 Å². The number of aromatic nitrogens is 4. The minimum atomic E-state index is -1.92. The molecular formula is C6H7Cl5N4. The monoisotopic (exact) mass is 310 g/mol. The fraction of sp³-hybridized carbons (Fsp3) is 0.833. The third kappa shape index (κ3) is 2.80. The number of rotatable bonds is 3. The summed E-state index contributed by atoms with van der Waals surface area (Å²) in [5, 5.41) is 10.8. The molecule has 0 fully saturated rings. The predicted molar refractivity (Wildman–Crippen MR) is 61.8 cm³/mol. The molecule has 0 amide bonds. The molecule has 1 aromatic rings. The summed E-state index contributed by atoms with van der Waals surface area (Å²) in [6, 6.07) is 0. The molecule has 0 N–H and O–H groups in total. The zero-order valence-electron chi connectivity index (χ0n) is 7.59. The van der Waals surface area contributed by atoms with Crippen molar-refractivity contribution in [1.29, 1.82) is 0 Å². The summed E-state index contributed by atoms with van der Waals surface area (Å²) in [6.07, 6.45) is 1.42. The summed E-state index contributed by atoms with van der Waals surface area (Å²) >= 11 is 28.7. The highest BCUT2D eigenvalue weighted by molar-refractivity contribution is 6.74. The molecule has 0 unspecified atom stereocenters. The molecule has 1 rings (SSSR count). The highest BCUT2D eigenvalue weighted by atomic mass is 35.6. The van der Waals surface area contributed by atoms with Gasteiger partial charge in [-0.15, -0.1) is 5.10 Å². The summed E-state index contributed by atoms with van der Waals surface area (Å²) in [6.45, 7) is 1.96. The Morgan fingerprint density at radius 2 is 1.80 bits per heavy atom. The molecule has 0 saturated carbocycles. The van der Waals surface area contributed by atoms with Gasteiger partial charge in [0.15, 0.2) is 5.82 Å². The zero-order chi connectivity index (χ0) is 11.7. The van der Waals surface area contributed by atoms with Gasteiger partial charge in [0.1, 0.15) is 0 Å². The van der Waals surface area contributed by atoms with Crippen LogP contribution in [0.1, 0.15) is 19.2 Å². The lowest BCUT2D eigenvalue weighted by Crippen LogP contribution is -2.37. The molecule has 0 spiro atoms. The van der Waals surface area contributed by atoms with Gasteiger partial charge in [-0.25, -0.2) is 0 Å². The van der Waals surface area contributed by atoms with Crippen LogP contribution < -0.4 is 0 Å². The quantitative estimate of drug-likeness (QED) is 0.806. The van der Waals surface area contributed by atoms with Gasteiger partial charge in [0.25, 0.3) is 4.46 Å². The number of nitrogens with zero attached hydrogens (tertiary/aromatic N) is 4. The van der Waals surface area contributed by atoms with Crippen molar-refractivity contribution in [2.75, 3.05) is 0 Å². The molecule has 1 heterocycles. The molecule has 4 nitrogen and oxygen atoms in total. The fourth-order valence-corrected chi connectivity index (χ4v) is 1.43. The maximum Gasteiger partial charge on any atom is 0.259 e. The number of aryl methyl sites for hydroxylation is 1. The van der Waals surface area contributed by atoms with Crippen LogP contribution in [0.3, 0.4) is 0 Å². The van der Waals surface area contributed by atoms with Crippen LogP contribution in [0.25, 0.3) is 0 Å². The molecule has 0 aliphatic rings. The van der Waals surface area contributed by atoms with Crippen molar-refractivity contribution >= 4 is 58.0 Å². The van der Waals surface area contributed by atoms with Crippen LogP contribution >= 0.6 is 58.0 Å². The van der Waals surface area contributed by atoms with Crippen LogP contribution in [0.15, 0.2) is 0 Å². The van der Waals surface area contributed by atoms with Crippen molar-refractivity contribution in [2.24, 2.45) is 0 Å². The van der Waals surface area contributed by atoms with Crippen molar-refractivity contribution in [1.82, 2.24) is 20.2 Å². The van der Waals surface area contributed by atoms with Crippen LogP contribution in [-0.2, 0) is 10.9 Å². The number of hydrogen-bond acceptors (Lipinski definition) is 3. The van der Waals surface area contributed by atoms with Gasteiger partial charge < -0.3 is 0 Å². The van der Waals surface area contributed by atoms with Crippen molar-refractivity contribution in [3.63, 3.8) is 0 Å². The van der Waals surface area contributed by atoms with Crippen LogP contribution in [0.2, 0.25) is 0 Å². The van der Waals surface area contributed by atoms with Gasteiger partial charge in [-0.2, -0.15) is 4.68 Å². The van der Waals surface area contributed by atoms with Gasteiger partial charge in [-0.05, 0) is 16.8 Å². The van der Waals surface area contributed by atoms with E-state index in [0.717, 1.165) is 11.1 Å². The smallest absolute Gasteiger partial charge is 0.189 e. The second-order valence-corrected chi connectivity index (χ2v) is 6.36. The standard InChI is InChI=1S/C6H7Cl5N4/c1-2-3-4-12-13-14-15(4)6(10,11)5(7,8)9/h2-3H2,1H3. The SMILES string of the molecule is CCCc1nnnn1C(Cl)(Cl)C(Cl)(Cl)Cl. The van der Waals surface area contributed by atoms with Gasteiger partial charge >= 0.3 is 0 Å². The number of tetrazole rings is 1. The summed E-state index contributed by atoms with van der Waals surface area (Å²) < 4.78 is -2.65. The van der Waals surface area contributed by atoms with Crippen molar-refractivity contribution in [3.8, 4) is 0 Å². The maximum absolute atomic E-state index is 5.91. The molecule has 0 aliphatic heterocycles. The minimum Gasteiger partial charge on any atom is -0.189 e. The Hall–Kier alpha value is 0.520. The van der Waals surface area contributed by atoms with Gasteiger partial charge in [0.05, 0.1) is 0 Å². The predicted octanol–water partition coefficient (Wildman–Crippen LogP) is 3.08. The highest BCUT2D eigenvalue weighted by Gasteiger charge is 2.50. The summed E-state index contributed by atoms with van der Waals surface area (Å²) in [5.74, 6) is 0.467. The van der Waals surface area contributed by atoms with Crippen LogP contribution in [0, 0.1) is 0 Å². The molecule has 0 aromatic carbocycles. The second-order valence-electron chi connectivity index (χ2n) is 2.80. The fourth-order valence-electron chi connectivity index (χ4n) is 0.923. The van der Waals surface area contributed by atoms with Gasteiger partial charge in [0, 0.05) is 6.42 Å². The Balaban J connectivity index is 3.09. The lowest BCUT2D eigenvalue weighted by molar-refractivity contribution is 0.497. The Morgan fingerprint density at radius 1 is 1.20 bits per heavy atom. The minimum absolute atomic E-state index is 0.467. The highest BCUT2D eigenvalue weighted by Crippen LogP contribution is 2.49. The van der Waals surface area contributed by atoms with Crippen LogP contribution in [0.5, 0.6) is 0 Å². The molecule has 86 valence electrons. The number of alkyl halides is 5. The second kappa shape index (κ2) is 4.80. The Kier molecular flexibility index (Phi) is 4.35. The molecule has 0 aliphatic carbocycles. The molecule has 9 heteroatoms. The van der Waals surface area contributed by atoms with Gasteiger partial charge in [-0.3, -0.25) is 0 Å². The first kappa shape index (κ1) is 13.6. The molecular weight excluding hydrogens is 305 g/mol. The average molecular weight is 312 g/mol. The maximum atomic E-state index is 5.91. The number of hydrogen-bond donors (Lipinski definition) is 0. The topological polar surface area (TPSA) is 43.6 Å². The van der Waals surface area contributed by atoms with E-state index in [1.807, 2.05) is 6.92 Å². The van der Waals surface area contributed by atoms with E-state index in [1.165, 1.54) is 0 Å². The summed E-state index contributed by atoms with van der Waals surface area (Å²) in [4.78, 5) is 0. The van der Waals surface area contributed by atoms with E-state index in [0.29, 0.717) is 12.2 Å². The Morgan fingerprint density at radius 3 is 2.27 bits per heavy atom.